The molecule has 1 atom stereocenters. The van der Waals surface area contributed by atoms with Gasteiger partial charge in [-0.3, -0.25) is 4.99 Å². The van der Waals surface area contributed by atoms with E-state index in [2.05, 4.69) is 43.5 Å². The van der Waals surface area contributed by atoms with Crippen LogP contribution in [0.2, 0.25) is 0 Å². The highest BCUT2D eigenvalue weighted by atomic mass is 32.2. The normalized spacial score (nSPS) is 17.8. The number of fused-ring (bicyclic) bond motifs is 2. The van der Waals surface area contributed by atoms with Gasteiger partial charge in [-0.05, 0) is 31.2 Å². The lowest BCUT2D eigenvalue weighted by atomic mass is 10.0. The molecular weight excluding hydrogens is 346 g/mol. The average molecular weight is 370 g/mol. The highest BCUT2D eigenvalue weighted by Crippen LogP contribution is 2.42. The number of thioether (sulfide) groups is 1. The third-order valence-corrected chi connectivity index (χ3v) is 5.66. The third-order valence-electron chi connectivity index (χ3n) is 4.39. The van der Waals surface area contributed by atoms with Crippen molar-refractivity contribution >= 4 is 40.5 Å². The summed E-state index contributed by atoms with van der Waals surface area (Å²) in [6, 6.07) is 6.14. The van der Waals surface area contributed by atoms with E-state index in [4.69, 9.17) is 9.73 Å². The molecule has 6 heteroatoms. The van der Waals surface area contributed by atoms with Crippen LogP contribution >= 0.6 is 11.8 Å². The molecule has 0 aromatic heterocycles. The minimum Gasteiger partial charge on any atom is -0.441 e. The number of hydrogen-bond donors (Lipinski definition) is 0. The Morgan fingerprint density at radius 1 is 1.42 bits per heavy atom. The van der Waals surface area contributed by atoms with Crippen LogP contribution in [0.1, 0.15) is 13.3 Å². The fourth-order valence-electron chi connectivity index (χ4n) is 2.77. The van der Waals surface area contributed by atoms with E-state index in [1.165, 1.54) is 5.71 Å². The number of aliphatic imine (C=N–C) groups is 1. The van der Waals surface area contributed by atoms with Gasteiger partial charge in [-0.2, -0.15) is 0 Å². The van der Waals surface area contributed by atoms with Crippen LogP contribution in [0.3, 0.4) is 0 Å². The van der Waals surface area contributed by atoms with E-state index in [1.807, 2.05) is 35.8 Å². The number of esters is 1. The zero-order valence-electron chi connectivity index (χ0n) is 15.7. The molecule has 0 saturated carbocycles. The second-order valence-electron chi connectivity index (χ2n) is 6.76. The number of benzene rings is 1. The highest BCUT2D eigenvalue weighted by Gasteiger charge is 2.29. The van der Waals surface area contributed by atoms with Gasteiger partial charge >= 0.3 is 5.97 Å². The molecule has 26 heavy (non-hydrogen) atoms. The van der Waals surface area contributed by atoms with Gasteiger partial charge in [-0.25, -0.2) is 9.37 Å². The molecule has 5 nitrogen and oxygen atoms in total. The predicted octanol–water partition coefficient (Wildman–Crippen LogP) is 3.42. The van der Waals surface area contributed by atoms with Crippen molar-refractivity contribution in [3.8, 4) is 0 Å². The van der Waals surface area contributed by atoms with Crippen molar-refractivity contribution in [1.29, 1.82) is 0 Å². The first-order chi connectivity index (χ1) is 12.3. The zero-order valence-corrected chi connectivity index (χ0v) is 16.5. The monoisotopic (exact) mass is 370 g/mol. The van der Waals surface area contributed by atoms with Crippen LogP contribution in [0.4, 0.5) is 11.4 Å². The number of hydrogen-bond acceptors (Lipinski definition) is 5. The average Bonchev–Trinajstić information content (AvgIpc) is 2.62. The smallest absolute Gasteiger partial charge is 0.334 e. The number of rotatable bonds is 4. The summed E-state index contributed by atoms with van der Waals surface area (Å²) in [4.78, 5) is 19.4. The Kier molecular flexibility index (Phi) is 5.32. The Morgan fingerprint density at radius 3 is 2.88 bits per heavy atom. The number of allylic oxidation sites excluding steroid dienone is 2. The second kappa shape index (κ2) is 7.50. The summed E-state index contributed by atoms with van der Waals surface area (Å²) < 4.78 is 7.38. The quantitative estimate of drug-likeness (QED) is 0.353. The van der Waals surface area contributed by atoms with E-state index in [0.29, 0.717) is 10.8 Å². The standard InChI is InChI=1S/C20H24N3O2S/c1-13(2)20(24)25-12-23(5)15-7-9-17-19(11-15)26-18-10-14(22(3)4)6-8-16(18)21-17/h6-9,11,18H,1,10,12H2,2-5H3/q+1. The zero-order chi connectivity index (χ0) is 18.8. The minimum absolute atomic E-state index is 0.189. The molecule has 3 rings (SSSR count). The summed E-state index contributed by atoms with van der Waals surface area (Å²) in [5.74, 6) is -0.376. The SMILES string of the molecule is C=C(C)C(=O)OCN(C)c1ccc2c(c1)SC1CC(=[N+](C)C)C=CC1=N2. The molecule has 1 heterocycles. The van der Waals surface area contributed by atoms with E-state index in [0.717, 1.165) is 28.4 Å². The summed E-state index contributed by atoms with van der Waals surface area (Å²) in [6.07, 6.45) is 5.25. The Morgan fingerprint density at radius 2 is 2.19 bits per heavy atom. The molecule has 0 spiro atoms. The first-order valence-electron chi connectivity index (χ1n) is 8.49. The van der Waals surface area contributed by atoms with Gasteiger partial charge in [-0.15, -0.1) is 11.8 Å². The van der Waals surface area contributed by atoms with Gasteiger partial charge in [0.15, 0.2) is 12.4 Å². The number of nitrogens with zero attached hydrogens (tertiary/aromatic N) is 3. The maximum atomic E-state index is 11.6. The molecule has 1 aliphatic heterocycles. The molecule has 0 amide bonds. The number of anilines is 1. The first-order valence-corrected chi connectivity index (χ1v) is 9.37. The minimum atomic E-state index is -0.376. The molecule has 0 fully saturated rings. The van der Waals surface area contributed by atoms with E-state index in [1.54, 1.807) is 6.92 Å². The van der Waals surface area contributed by atoms with Crippen molar-refractivity contribution in [3.63, 3.8) is 0 Å². The summed E-state index contributed by atoms with van der Waals surface area (Å²) in [5, 5.41) is 0.340. The molecule has 0 radical (unpaired) electrons. The Balaban J connectivity index is 1.77. The van der Waals surface area contributed by atoms with Gasteiger partial charge in [0, 0.05) is 35.7 Å². The summed E-state index contributed by atoms with van der Waals surface area (Å²) in [7, 11) is 6.04. The topological polar surface area (TPSA) is 44.9 Å². The lowest BCUT2D eigenvalue weighted by molar-refractivity contribution is -0.464. The van der Waals surface area contributed by atoms with Gasteiger partial charge in [0.1, 0.15) is 14.1 Å². The fraction of sp³-hybridized carbons (Fsp3) is 0.350. The molecule has 1 aromatic rings. The van der Waals surface area contributed by atoms with Crippen molar-refractivity contribution in [2.24, 2.45) is 4.99 Å². The number of ether oxygens (including phenoxy) is 1. The van der Waals surface area contributed by atoms with Gasteiger partial charge in [0.2, 0.25) is 0 Å². The van der Waals surface area contributed by atoms with Crippen LogP contribution in [0.15, 0.2) is 52.4 Å². The predicted molar refractivity (Wildman–Crippen MR) is 108 cm³/mol. The van der Waals surface area contributed by atoms with E-state index >= 15 is 0 Å². The van der Waals surface area contributed by atoms with Gasteiger partial charge < -0.3 is 9.64 Å². The number of carbonyl (C=O) groups excluding carboxylic acids is 1. The van der Waals surface area contributed by atoms with Crippen LogP contribution in [0, 0.1) is 0 Å². The Hall–Kier alpha value is -2.34. The number of carbonyl (C=O) groups is 1. The summed E-state index contributed by atoms with van der Waals surface area (Å²) >= 11 is 1.84. The largest absolute Gasteiger partial charge is 0.441 e. The maximum absolute atomic E-state index is 11.6. The third kappa shape index (κ3) is 3.90. The van der Waals surface area contributed by atoms with Crippen molar-refractivity contribution in [2.45, 2.75) is 23.5 Å². The molecule has 0 N–H and O–H groups in total. The van der Waals surface area contributed by atoms with Crippen molar-refractivity contribution in [1.82, 2.24) is 0 Å². The molecule has 0 saturated heterocycles. The van der Waals surface area contributed by atoms with Crippen LogP contribution in [0.5, 0.6) is 0 Å². The summed E-state index contributed by atoms with van der Waals surface area (Å²) in [5.41, 5.74) is 4.83. The first kappa shape index (κ1) is 18.5. The van der Waals surface area contributed by atoms with Crippen molar-refractivity contribution in [2.75, 3.05) is 32.8 Å². The fourth-order valence-corrected chi connectivity index (χ4v) is 4.00. The van der Waals surface area contributed by atoms with E-state index < -0.39 is 0 Å². The summed E-state index contributed by atoms with van der Waals surface area (Å²) in [6.45, 7) is 5.43. The van der Waals surface area contributed by atoms with E-state index in [9.17, 15) is 4.79 Å². The molecule has 0 bridgehead atoms. The molecular formula is C20H24N3O2S+. The van der Waals surface area contributed by atoms with Gasteiger partial charge in [0.05, 0.1) is 16.6 Å². The maximum Gasteiger partial charge on any atom is 0.334 e. The van der Waals surface area contributed by atoms with Crippen LogP contribution in [0.25, 0.3) is 0 Å². The molecule has 136 valence electrons. The molecule has 1 unspecified atom stereocenters. The second-order valence-corrected chi connectivity index (χ2v) is 8.00. The van der Waals surface area contributed by atoms with Crippen LogP contribution < -0.4 is 4.90 Å². The lowest BCUT2D eigenvalue weighted by Crippen LogP contribution is -2.28. The van der Waals surface area contributed by atoms with E-state index in [-0.39, 0.29) is 12.7 Å². The molecule has 1 aromatic carbocycles. The van der Waals surface area contributed by atoms with Gasteiger partial charge in [0.25, 0.3) is 0 Å². The Bertz CT molecular complexity index is 851. The van der Waals surface area contributed by atoms with Crippen LogP contribution in [-0.2, 0) is 9.53 Å². The molecule has 1 aliphatic carbocycles. The molecule has 2 aliphatic rings. The lowest BCUT2D eigenvalue weighted by Gasteiger charge is -2.26. The highest BCUT2D eigenvalue weighted by molar-refractivity contribution is 8.01. The Labute approximate surface area is 158 Å². The van der Waals surface area contributed by atoms with Crippen molar-refractivity contribution < 1.29 is 14.1 Å². The van der Waals surface area contributed by atoms with Gasteiger partial charge in [-0.1, -0.05) is 6.58 Å². The van der Waals surface area contributed by atoms with Crippen LogP contribution in [-0.4, -0.2) is 55.1 Å². The van der Waals surface area contributed by atoms with Crippen molar-refractivity contribution in [3.05, 3.63) is 42.5 Å².